The Morgan fingerprint density at radius 2 is 1.68 bits per heavy atom. The molecule has 4 nitrogen and oxygen atoms in total. The van der Waals surface area contributed by atoms with Gasteiger partial charge in [0.1, 0.15) is 0 Å². The topological polar surface area (TPSA) is 41.0 Å². The van der Waals surface area contributed by atoms with Crippen LogP contribution in [0, 0.1) is 6.92 Å². The molecular formula is C13H20Hg2N4. The van der Waals surface area contributed by atoms with Crippen LogP contribution in [-0.4, -0.2) is 10.5 Å². The van der Waals surface area contributed by atoms with Crippen molar-refractivity contribution in [1.29, 1.82) is 0 Å². The summed E-state index contributed by atoms with van der Waals surface area (Å²) in [6.07, 6.45) is 1.62. The fourth-order valence-electron chi connectivity index (χ4n) is 1.41. The van der Waals surface area contributed by atoms with Crippen molar-refractivity contribution in [1.82, 2.24) is 10.5 Å². The fourth-order valence-corrected chi connectivity index (χ4v) is 2.57. The van der Waals surface area contributed by atoms with Gasteiger partial charge in [0.15, 0.2) is 0 Å². The Balaban J connectivity index is 0.000000741. The zero-order valence-electron chi connectivity index (χ0n) is 12.6. The number of nitrogens with one attached hydrogen (secondary N) is 1. The van der Waals surface area contributed by atoms with Crippen molar-refractivity contribution in [2.45, 2.75) is 34.6 Å². The van der Waals surface area contributed by atoms with Crippen LogP contribution in [-0.2, 0) is 52.8 Å². The Morgan fingerprint density at radius 3 is 2.26 bits per heavy atom. The van der Waals surface area contributed by atoms with Crippen molar-refractivity contribution >= 4 is 16.7 Å². The van der Waals surface area contributed by atoms with Crippen LogP contribution in [0.2, 0.25) is 0 Å². The van der Waals surface area contributed by atoms with E-state index < -0.39 is 0 Å². The molecule has 1 heterocycles. The quantitative estimate of drug-likeness (QED) is 0.406. The van der Waals surface area contributed by atoms with Gasteiger partial charge in [-0.15, -0.1) is 0 Å². The van der Waals surface area contributed by atoms with Gasteiger partial charge >= 0.3 is 123 Å². The van der Waals surface area contributed by atoms with Crippen molar-refractivity contribution in [3.63, 3.8) is 0 Å². The summed E-state index contributed by atoms with van der Waals surface area (Å²) in [5.41, 5.74) is 5.56. The van der Waals surface area contributed by atoms with E-state index in [9.17, 15) is 0 Å². The second-order valence-electron chi connectivity index (χ2n) is 3.39. The molecule has 0 amide bonds. The van der Waals surface area contributed by atoms with E-state index >= 15 is 0 Å². The van der Waals surface area contributed by atoms with Crippen molar-refractivity contribution in [3.05, 3.63) is 30.1 Å². The number of benzene rings is 1. The first kappa shape index (κ1) is 19.2. The van der Waals surface area contributed by atoms with Gasteiger partial charge in [0.05, 0.1) is 0 Å². The number of hydrogen-bond acceptors (Lipinski definition) is 4. The number of hydrogen-bond donors (Lipinski definition) is 1. The number of aryl methyl sites for hydroxylation is 1. The molecular weight excluding hydrogens is 613 g/mol. The number of aromatic nitrogens is 2. The van der Waals surface area contributed by atoms with Crippen molar-refractivity contribution < 1.29 is 52.8 Å². The van der Waals surface area contributed by atoms with E-state index in [0.717, 1.165) is 16.7 Å². The standard InChI is InChI=1S/C9H8N4.2C2H6.2Hg/c1-6-2-3-7-8(4-6)11-5-12-9(7)13-10;2*1-2;;/h2-5H,1H3,(H,11,12,13);2*1-2H3;;. The molecule has 0 fully saturated rings. The van der Waals surface area contributed by atoms with Crippen molar-refractivity contribution in [2.75, 3.05) is 5.43 Å². The van der Waals surface area contributed by atoms with Gasteiger partial charge in [0, 0.05) is 0 Å². The first-order valence-electron chi connectivity index (χ1n) is 6.56. The molecule has 0 atom stereocenters. The number of nitrogens with zero attached hydrogens (tertiary/aromatic N) is 3. The molecule has 0 aliphatic carbocycles. The monoisotopic (exact) mass is 636 g/mol. The van der Waals surface area contributed by atoms with E-state index in [1.54, 1.807) is 6.33 Å². The van der Waals surface area contributed by atoms with Crippen molar-refractivity contribution in [3.8, 4) is 0 Å². The number of hydrazine groups is 1. The third kappa shape index (κ3) is 6.45. The molecule has 0 bridgehead atoms. The Labute approximate surface area is 149 Å². The molecule has 0 radical (unpaired) electrons. The minimum atomic E-state index is 0.629. The molecule has 96 valence electrons. The van der Waals surface area contributed by atoms with Crippen LogP contribution in [0.15, 0.2) is 24.5 Å². The summed E-state index contributed by atoms with van der Waals surface area (Å²) in [5.74, 6) is 0.935. The van der Waals surface area contributed by atoms with E-state index in [-0.39, 0.29) is 0 Å². The summed E-state index contributed by atoms with van der Waals surface area (Å²) in [7, 11) is 0. The molecule has 2 aromatic rings. The van der Waals surface area contributed by atoms with Crippen LogP contribution in [0.3, 0.4) is 0 Å². The zero-order valence-corrected chi connectivity index (χ0v) is 23.6. The molecule has 19 heavy (non-hydrogen) atoms. The van der Waals surface area contributed by atoms with E-state index in [2.05, 4.69) is 41.1 Å². The SMILES string of the molecule is CC.CC.Cc1ccc2c(N[N]([Hg])[Hg])ncnc2c1. The Bertz CT molecular complexity index is 489. The maximum absolute atomic E-state index is 4.28. The van der Waals surface area contributed by atoms with Crippen LogP contribution < -0.4 is 5.43 Å². The minimum absolute atomic E-state index is 0.629. The molecule has 0 saturated carbocycles. The molecule has 6 heteroatoms. The van der Waals surface area contributed by atoms with Crippen LogP contribution in [0.25, 0.3) is 10.9 Å². The van der Waals surface area contributed by atoms with E-state index in [0.29, 0.717) is 52.8 Å². The summed E-state index contributed by atoms with van der Waals surface area (Å²) >= 11 is 1.26. The molecule has 0 unspecified atom stereocenters. The maximum atomic E-state index is 4.28. The second-order valence-corrected chi connectivity index (χ2v) is 22.8. The molecule has 0 aliphatic rings. The van der Waals surface area contributed by atoms with Crippen LogP contribution in [0.4, 0.5) is 5.82 Å². The first-order chi connectivity index (χ1) is 9.16. The number of anilines is 1. The van der Waals surface area contributed by atoms with Gasteiger partial charge in [0.25, 0.3) is 0 Å². The summed E-state index contributed by atoms with van der Waals surface area (Å²) in [5, 5.41) is 1.10. The average molecular weight is 634 g/mol. The van der Waals surface area contributed by atoms with Gasteiger partial charge in [-0.2, -0.15) is 0 Å². The van der Waals surface area contributed by atoms with Gasteiger partial charge in [0.2, 0.25) is 0 Å². The third-order valence-corrected chi connectivity index (χ3v) is 3.29. The van der Waals surface area contributed by atoms with Gasteiger partial charge in [-0.25, -0.2) is 0 Å². The van der Waals surface area contributed by atoms with Gasteiger partial charge in [-0.05, 0) is 0 Å². The fraction of sp³-hybridized carbons (Fsp3) is 0.385. The Hall–Kier alpha value is 0.190. The summed E-state index contributed by atoms with van der Waals surface area (Å²) in [6.45, 7) is 10.1. The van der Waals surface area contributed by atoms with Gasteiger partial charge in [-0.3, -0.25) is 0 Å². The predicted octanol–water partition coefficient (Wildman–Crippen LogP) is 3.54. The Kier molecular flexibility index (Phi) is 11.0. The molecule has 2 rings (SSSR count). The zero-order chi connectivity index (χ0) is 14.8. The average Bonchev–Trinajstić information content (AvgIpc) is 2.42. The van der Waals surface area contributed by atoms with Gasteiger partial charge in [-0.1, -0.05) is 27.7 Å². The molecule has 1 aromatic heterocycles. The molecule has 0 spiro atoms. The summed E-state index contributed by atoms with van der Waals surface area (Å²) in [6, 6.07) is 6.26. The third-order valence-electron chi connectivity index (χ3n) is 2.06. The number of rotatable bonds is 2. The van der Waals surface area contributed by atoms with Crippen molar-refractivity contribution in [2.24, 2.45) is 0 Å². The number of fused-ring (bicyclic) bond motifs is 1. The van der Waals surface area contributed by atoms with Gasteiger partial charge < -0.3 is 0 Å². The first-order valence-corrected chi connectivity index (χ1v) is 11.5. The summed E-state index contributed by atoms with van der Waals surface area (Å²) < 4.78 is 2.25. The summed E-state index contributed by atoms with van der Waals surface area (Å²) in [4.78, 5) is 8.55. The van der Waals surface area contributed by atoms with E-state index in [4.69, 9.17) is 0 Å². The predicted molar refractivity (Wildman–Crippen MR) is 72.4 cm³/mol. The molecule has 1 N–H and O–H groups in total. The molecule has 0 aliphatic heterocycles. The van der Waals surface area contributed by atoms with E-state index in [1.807, 2.05) is 27.7 Å². The van der Waals surface area contributed by atoms with Crippen LogP contribution >= 0.6 is 0 Å². The van der Waals surface area contributed by atoms with E-state index in [1.165, 1.54) is 5.56 Å². The molecule has 0 saturated heterocycles. The second kappa shape index (κ2) is 10.9. The molecule has 1 aromatic carbocycles. The Morgan fingerprint density at radius 1 is 1.05 bits per heavy atom. The normalized spacial score (nSPS) is 9.37. The van der Waals surface area contributed by atoms with Crippen LogP contribution in [0.1, 0.15) is 33.3 Å². The van der Waals surface area contributed by atoms with Crippen LogP contribution in [0.5, 0.6) is 0 Å².